The number of nitrogens with zero attached hydrogens (tertiary/aromatic N) is 3. The number of aryl methyl sites for hydroxylation is 1. The highest BCUT2D eigenvalue weighted by molar-refractivity contribution is 7.15. The highest BCUT2D eigenvalue weighted by Gasteiger charge is 2.14. The van der Waals surface area contributed by atoms with Crippen LogP contribution in [-0.4, -0.2) is 35.2 Å². The van der Waals surface area contributed by atoms with Gasteiger partial charge in [0.1, 0.15) is 12.1 Å². The van der Waals surface area contributed by atoms with Crippen molar-refractivity contribution < 1.29 is 19.0 Å². The van der Waals surface area contributed by atoms with Crippen molar-refractivity contribution in [1.29, 1.82) is 0 Å². The van der Waals surface area contributed by atoms with Crippen molar-refractivity contribution in [2.45, 2.75) is 6.92 Å². The average Bonchev–Trinajstić information content (AvgIpc) is 3.19. The zero-order valence-electron chi connectivity index (χ0n) is 17.3. The quantitative estimate of drug-likeness (QED) is 0.382. The van der Waals surface area contributed by atoms with E-state index in [0.717, 1.165) is 4.88 Å². The third-order valence-electron chi connectivity index (χ3n) is 4.34. The predicted molar refractivity (Wildman–Crippen MR) is 124 cm³/mol. The number of halogens is 1. The molecule has 0 aliphatic heterocycles. The van der Waals surface area contributed by atoms with Crippen molar-refractivity contribution >= 4 is 50.7 Å². The van der Waals surface area contributed by atoms with Gasteiger partial charge >= 0.3 is 6.03 Å². The van der Waals surface area contributed by atoms with Crippen LogP contribution in [0.15, 0.2) is 42.9 Å². The van der Waals surface area contributed by atoms with Crippen LogP contribution in [0.3, 0.4) is 0 Å². The lowest BCUT2D eigenvalue weighted by atomic mass is 10.2. The van der Waals surface area contributed by atoms with E-state index in [9.17, 15) is 4.79 Å². The monoisotopic (exact) mass is 471 g/mol. The van der Waals surface area contributed by atoms with E-state index >= 15 is 0 Å². The minimum atomic E-state index is -0.424. The molecule has 0 spiro atoms. The number of ether oxygens (including phenoxy) is 3. The van der Waals surface area contributed by atoms with Gasteiger partial charge in [-0.1, -0.05) is 11.6 Å². The summed E-state index contributed by atoms with van der Waals surface area (Å²) in [5.74, 6) is 1.73. The molecule has 2 heterocycles. The molecule has 0 aliphatic rings. The average molecular weight is 472 g/mol. The Morgan fingerprint density at radius 3 is 2.47 bits per heavy atom. The molecule has 9 nitrogen and oxygen atoms in total. The predicted octanol–water partition coefficient (Wildman–Crippen LogP) is 5.50. The molecule has 2 amide bonds. The number of rotatable bonds is 6. The standard InChI is InChI=1S/C21H18ClN5O4S/c1-11-9-23-21(32-11)27-20(28)26-12-4-5-16(14(22)6-12)31-19-13-7-17(29-2)18(30-3)8-15(13)24-10-25-19/h4-10H,1-3H3,(H2,23,26,27,28). The number of anilines is 2. The smallest absolute Gasteiger partial charge is 0.325 e. The summed E-state index contributed by atoms with van der Waals surface area (Å²) in [7, 11) is 3.10. The van der Waals surface area contributed by atoms with E-state index in [2.05, 4.69) is 25.6 Å². The van der Waals surface area contributed by atoms with Gasteiger partial charge in [-0.25, -0.2) is 19.7 Å². The molecular formula is C21H18ClN5O4S. The normalized spacial score (nSPS) is 10.6. The largest absolute Gasteiger partial charge is 0.493 e. The van der Waals surface area contributed by atoms with Gasteiger partial charge in [-0.2, -0.15) is 0 Å². The number of thiazole rings is 1. The van der Waals surface area contributed by atoms with Gasteiger partial charge in [-0.3, -0.25) is 5.32 Å². The molecule has 11 heteroatoms. The summed E-state index contributed by atoms with van der Waals surface area (Å²) >= 11 is 7.77. The van der Waals surface area contributed by atoms with Crippen molar-refractivity contribution in [3.8, 4) is 23.1 Å². The molecule has 0 saturated carbocycles. The first-order chi connectivity index (χ1) is 15.5. The van der Waals surface area contributed by atoms with Crippen LogP contribution in [-0.2, 0) is 0 Å². The Kier molecular flexibility index (Phi) is 6.24. The summed E-state index contributed by atoms with van der Waals surface area (Å²) in [5, 5.41) is 6.81. The molecule has 4 aromatic rings. The van der Waals surface area contributed by atoms with Crippen LogP contribution in [0.2, 0.25) is 5.02 Å². The number of urea groups is 1. The molecule has 2 N–H and O–H groups in total. The fraction of sp³-hybridized carbons (Fsp3) is 0.143. The summed E-state index contributed by atoms with van der Waals surface area (Å²) in [5.41, 5.74) is 1.11. The lowest BCUT2D eigenvalue weighted by molar-refractivity contribution is 0.262. The molecule has 0 radical (unpaired) electrons. The van der Waals surface area contributed by atoms with E-state index in [1.165, 1.54) is 17.7 Å². The summed E-state index contributed by atoms with van der Waals surface area (Å²) < 4.78 is 16.6. The van der Waals surface area contributed by atoms with Crippen LogP contribution in [0.1, 0.15) is 4.88 Å². The van der Waals surface area contributed by atoms with Crippen molar-refractivity contribution in [3.05, 3.63) is 52.8 Å². The first-order valence-corrected chi connectivity index (χ1v) is 10.5. The second kappa shape index (κ2) is 9.25. The van der Waals surface area contributed by atoms with Gasteiger partial charge in [0.25, 0.3) is 0 Å². The van der Waals surface area contributed by atoms with E-state index in [-0.39, 0.29) is 0 Å². The van der Waals surface area contributed by atoms with Gasteiger partial charge in [0.2, 0.25) is 5.88 Å². The minimum Gasteiger partial charge on any atom is -0.493 e. The minimum absolute atomic E-state index is 0.292. The van der Waals surface area contributed by atoms with Crippen molar-refractivity contribution in [2.24, 2.45) is 0 Å². The lowest BCUT2D eigenvalue weighted by Crippen LogP contribution is -2.19. The zero-order chi connectivity index (χ0) is 22.7. The number of aromatic nitrogens is 3. The Hall–Kier alpha value is -3.63. The van der Waals surface area contributed by atoms with E-state index in [1.54, 1.807) is 50.7 Å². The molecule has 164 valence electrons. The third kappa shape index (κ3) is 4.66. The van der Waals surface area contributed by atoms with E-state index in [0.29, 0.717) is 49.9 Å². The topological polar surface area (TPSA) is 107 Å². The van der Waals surface area contributed by atoms with Crippen LogP contribution < -0.4 is 24.8 Å². The van der Waals surface area contributed by atoms with Crippen molar-refractivity contribution in [3.63, 3.8) is 0 Å². The first kappa shape index (κ1) is 21.6. The summed E-state index contributed by atoms with van der Waals surface area (Å²) in [4.78, 5) is 25.7. The number of benzene rings is 2. The van der Waals surface area contributed by atoms with Gasteiger partial charge < -0.3 is 19.5 Å². The third-order valence-corrected chi connectivity index (χ3v) is 5.47. The molecule has 0 saturated heterocycles. The van der Waals surface area contributed by atoms with Crippen LogP contribution in [0.25, 0.3) is 10.9 Å². The Labute approximate surface area is 192 Å². The molecule has 0 atom stereocenters. The maximum atomic E-state index is 12.2. The van der Waals surface area contributed by atoms with Crippen molar-refractivity contribution in [1.82, 2.24) is 15.0 Å². The van der Waals surface area contributed by atoms with E-state index in [4.69, 9.17) is 25.8 Å². The molecular weight excluding hydrogens is 454 g/mol. The number of hydrogen-bond donors (Lipinski definition) is 2. The van der Waals surface area contributed by atoms with E-state index < -0.39 is 6.03 Å². The Balaban J connectivity index is 1.54. The highest BCUT2D eigenvalue weighted by atomic mass is 35.5. The number of carbonyl (C=O) groups excluding carboxylic acids is 1. The summed E-state index contributed by atoms with van der Waals surface area (Å²) in [6.07, 6.45) is 3.07. The second-order valence-electron chi connectivity index (χ2n) is 6.51. The molecule has 2 aromatic heterocycles. The Morgan fingerprint density at radius 2 is 1.78 bits per heavy atom. The Bertz CT molecular complexity index is 1300. The molecule has 2 aromatic carbocycles. The number of fused-ring (bicyclic) bond motifs is 1. The fourth-order valence-corrected chi connectivity index (χ4v) is 3.76. The summed E-state index contributed by atoms with van der Waals surface area (Å²) in [6, 6.07) is 7.93. The number of amides is 2. The van der Waals surface area contributed by atoms with Crippen molar-refractivity contribution in [2.75, 3.05) is 24.9 Å². The van der Waals surface area contributed by atoms with Crippen LogP contribution in [0.5, 0.6) is 23.1 Å². The number of methoxy groups -OCH3 is 2. The van der Waals surface area contributed by atoms with Gasteiger partial charge in [0.05, 0.1) is 30.1 Å². The molecule has 32 heavy (non-hydrogen) atoms. The number of hydrogen-bond acceptors (Lipinski definition) is 8. The van der Waals surface area contributed by atoms with E-state index in [1.807, 2.05) is 6.92 Å². The van der Waals surface area contributed by atoms with Crippen LogP contribution >= 0.6 is 22.9 Å². The number of nitrogens with one attached hydrogen (secondary N) is 2. The maximum Gasteiger partial charge on any atom is 0.325 e. The van der Waals surface area contributed by atoms with Crippen LogP contribution in [0.4, 0.5) is 15.6 Å². The Morgan fingerprint density at radius 1 is 1.00 bits per heavy atom. The molecule has 0 bridgehead atoms. The molecule has 0 unspecified atom stereocenters. The SMILES string of the molecule is COc1cc2ncnc(Oc3ccc(NC(=O)Nc4ncc(C)s4)cc3Cl)c2cc1OC. The van der Waals surface area contributed by atoms with Gasteiger partial charge in [-0.05, 0) is 31.2 Å². The highest BCUT2D eigenvalue weighted by Crippen LogP contribution is 2.37. The van der Waals surface area contributed by atoms with Crippen LogP contribution in [0, 0.1) is 6.92 Å². The summed E-state index contributed by atoms with van der Waals surface area (Å²) in [6.45, 7) is 1.91. The second-order valence-corrected chi connectivity index (χ2v) is 8.15. The molecule has 0 aliphatic carbocycles. The fourth-order valence-electron chi connectivity index (χ4n) is 2.88. The molecule has 4 rings (SSSR count). The zero-order valence-corrected chi connectivity index (χ0v) is 18.9. The van der Waals surface area contributed by atoms with Gasteiger partial charge in [-0.15, -0.1) is 11.3 Å². The number of carbonyl (C=O) groups is 1. The maximum absolute atomic E-state index is 12.2. The van der Waals surface area contributed by atoms with Gasteiger partial charge in [0.15, 0.2) is 16.6 Å². The molecule has 0 fully saturated rings. The van der Waals surface area contributed by atoms with Gasteiger partial charge in [0, 0.05) is 22.8 Å². The lowest BCUT2D eigenvalue weighted by Gasteiger charge is -2.13. The first-order valence-electron chi connectivity index (χ1n) is 9.31.